The fraction of sp³-hybridized carbons (Fsp3) is 0.158. The van der Waals surface area contributed by atoms with Crippen molar-refractivity contribution >= 4 is 32.9 Å². The van der Waals surface area contributed by atoms with E-state index in [4.69, 9.17) is 8.83 Å². The molecule has 144 valence electrons. The van der Waals surface area contributed by atoms with Crippen LogP contribution < -0.4 is 0 Å². The number of hydrogen-bond acceptors (Lipinski definition) is 7. The molecule has 2 aromatic heterocycles. The lowest BCUT2D eigenvalue weighted by Crippen LogP contribution is -2.22. The van der Waals surface area contributed by atoms with E-state index in [1.807, 2.05) is 30.3 Å². The van der Waals surface area contributed by atoms with Crippen molar-refractivity contribution in [2.24, 2.45) is 0 Å². The molecule has 0 N–H and O–H groups in total. The zero-order valence-electron chi connectivity index (χ0n) is 15.2. The minimum absolute atomic E-state index is 0.179. The van der Waals surface area contributed by atoms with Crippen LogP contribution in [0.5, 0.6) is 0 Å². The van der Waals surface area contributed by atoms with Crippen LogP contribution in [0.15, 0.2) is 73.7 Å². The number of hydrogen-bond donors (Lipinski definition) is 0. The molecule has 0 radical (unpaired) electrons. The zero-order valence-corrected chi connectivity index (χ0v) is 16.8. The number of benzene rings is 2. The summed E-state index contributed by atoms with van der Waals surface area (Å²) in [7, 11) is -0.533. The fourth-order valence-corrected chi connectivity index (χ4v) is 4.18. The van der Waals surface area contributed by atoms with E-state index >= 15 is 0 Å². The molecule has 4 rings (SSSR count). The van der Waals surface area contributed by atoms with Crippen molar-refractivity contribution in [2.75, 3.05) is 14.1 Å². The van der Waals surface area contributed by atoms with E-state index < -0.39 is 10.0 Å². The molecule has 28 heavy (non-hydrogen) atoms. The van der Waals surface area contributed by atoms with Crippen molar-refractivity contribution in [1.29, 1.82) is 0 Å². The summed E-state index contributed by atoms with van der Waals surface area (Å²) in [4.78, 5) is 9.03. The molecule has 0 saturated heterocycles. The van der Waals surface area contributed by atoms with Crippen LogP contribution in [-0.2, 0) is 15.8 Å². The molecule has 9 heteroatoms. The Morgan fingerprint density at radius 1 is 1.07 bits per heavy atom. The monoisotopic (exact) mass is 415 g/mol. The second-order valence-electron chi connectivity index (χ2n) is 6.20. The number of sulfonamides is 1. The Labute approximate surface area is 166 Å². The van der Waals surface area contributed by atoms with Crippen LogP contribution in [0.2, 0.25) is 0 Å². The first-order chi connectivity index (χ1) is 13.4. The number of fused-ring (bicyclic) bond motifs is 1. The Morgan fingerprint density at radius 3 is 2.61 bits per heavy atom. The molecule has 2 heterocycles. The number of rotatable bonds is 6. The molecule has 0 saturated carbocycles. The quantitative estimate of drug-likeness (QED) is 0.439. The lowest BCUT2D eigenvalue weighted by Gasteiger charge is -2.10. The second-order valence-corrected chi connectivity index (χ2v) is 9.27. The Hall–Kier alpha value is -2.62. The number of nitrogens with zero attached hydrogens (tertiary/aromatic N) is 3. The molecule has 2 aromatic carbocycles. The maximum atomic E-state index is 12.3. The van der Waals surface area contributed by atoms with Crippen LogP contribution in [0.3, 0.4) is 0 Å². The van der Waals surface area contributed by atoms with Gasteiger partial charge in [-0.3, -0.25) is 0 Å². The highest BCUT2D eigenvalue weighted by Gasteiger charge is 2.19. The SMILES string of the molecule is CN(C)S(=O)(=O)c1ccc2oc(SCc3coc(-c4ccccc4)n3)nc2c1. The lowest BCUT2D eigenvalue weighted by molar-refractivity contribution is 0.489. The molecule has 4 aromatic rings. The summed E-state index contributed by atoms with van der Waals surface area (Å²) in [6.07, 6.45) is 1.61. The molecule has 7 nitrogen and oxygen atoms in total. The minimum atomic E-state index is -3.52. The van der Waals surface area contributed by atoms with Crippen LogP contribution in [0.4, 0.5) is 0 Å². The van der Waals surface area contributed by atoms with Gasteiger partial charge in [0.1, 0.15) is 11.8 Å². The van der Waals surface area contributed by atoms with E-state index in [0.717, 1.165) is 11.3 Å². The summed E-state index contributed by atoms with van der Waals surface area (Å²) in [5.74, 6) is 1.08. The van der Waals surface area contributed by atoms with Gasteiger partial charge >= 0.3 is 0 Å². The average Bonchev–Trinajstić information content (AvgIpc) is 3.33. The van der Waals surface area contributed by atoms with Gasteiger partial charge in [-0.2, -0.15) is 0 Å². The first-order valence-electron chi connectivity index (χ1n) is 8.39. The van der Waals surface area contributed by atoms with Crippen molar-refractivity contribution in [3.8, 4) is 11.5 Å². The van der Waals surface area contributed by atoms with Crippen LogP contribution in [0.1, 0.15) is 5.69 Å². The van der Waals surface area contributed by atoms with E-state index in [0.29, 0.717) is 28.0 Å². The zero-order chi connectivity index (χ0) is 19.7. The summed E-state index contributed by atoms with van der Waals surface area (Å²) in [6, 6.07) is 14.3. The first-order valence-corrected chi connectivity index (χ1v) is 10.8. The van der Waals surface area contributed by atoms with Gasteiger partial charge in [0.05, 0.1) is 10.6 Å². The summed E-state index contributed by atoms with van der Waals surface area (Å²) in [6.45, 7) is 0. The molecule has 0 bridgehead atoms. The van der Waals surface area contributed by atoms with Gasteiger partial charge in [0.2, 0.25) is 15.9 Å². The van der Waals surface area contributed by atoms with Gasteiger partial charge in [0.15, 0.2) is 5.58 Å². The van der Waals surface area contributed by atoms with Crippen LogP contribution in [-0.4, -0.2) is 36.8 Å². The molecule has 0 atom stereocenters. The summed E-state index contributed by atoms with van der Waals surface area (Å²) < 4.78 is 36.9. The lowest BCUT2D eigenvalue weighted by atomic mass is 10.2. The standard InChI is InChI=1S/C19H17N3O4S2/c1-22(2)28(23,24)15-8-9-17-16(10-15)21-19(26-17)27-12-14-11-25-18(20-14)13-6-4-3-5-7-13/h3-11H,12H2,1-2H3. The van der Waals surface area contributed by atoms with Crippen molar-refractivity contribution in [1.82, 2.24) is 14.3 Å². The van der Waals surface area contributed by atoms with Crippen LogP contribution in [0.25, 0.3) is 22.6 Å². The normalized spacial score (nSPS) is 12.1. The number of thioether (sulfide) groups is 1. The number of oxazole rings is 2. The van der Waals surface area contributed by atoms with Crippen LogP contribution in [0, 0.1) is 0 Å². The van der Waals surface area contributed by atoms with Crippen molar-refractivity contribution in [2.45, 2.75) is 15.9 Å². The second kappa shape index (κ2) is 7.42. The summed E-state index contributed by atoms with van der Waals surface area (Å²) in [5.41, 5.74) is 2.71. The third-order valence-corrected chi connectivity index (χ3v) is 6.71. The van der Waals surface area contributed by atoms with Gasteiger partial charge in [-0.15, -0.1) is 0 Å². The Balaban J connectivity index is 1.51. The van der Waals surface area contributed by atoms with Gasteiger partial charge in [-0.25, -0.2) is 22.7 Å². The molecule has 0 amide bonds. The van der Waals surface area contributed by atoms with Gasteiger partial charge < -0.3 is 8.83 Å². The minimum Gasteiger partial charge on any atom is -0.444 e. The van der Waals surface area contributed by atoms with Crippen LogP contribution >= 0.6 is 11.8 Å². The largest absolute Gasteiger partial charge is 0.444 e. The average molecular weight is 415 g/mol. The molecular weight excluding hydrogens is 398 g/mol. The third kappa shape index (κ3) is 3.68. The van der Waals surface area contributed by atoms with Gasteiger partial charge in [0.25, 0.3) is 5.22 Å². The van der Waals surface area contributed by atoms with Gasteiger partial charge in [-0.1, -0.05) is 30.0 Å². The highest BCUT2D eigenvalue weighted by Crippen LogP contribution is 2.29. The molecule has 0 aliphatic carbocycles. The summed E-state index contributed by atoms with van der Waals surface area (Å²) in [5, 5.41) is 0.443. The third-order valence-electron chi connectivity index (χ3n) is 4.03. The Morgan fingerprint density at radius 2 is 1.86 bits per heavy atom. The van der Waals surface area contributed by atoms with E-state index in [9.17, 15) is 8.42 Å². The van der Waals surface area contributed by atoms with E-state index in [-0.39, 0.29) is 4.90 Å². The molecule has 0 aliphatic rings. The molecule has 0 fully saturated rings. The van der Waals surface area contributed by atoms with Crippen molar-refractivity contribution < 1.29 is 17.3 Å². The molecule has 0 unspecified atom stereocenters. The fourth-order valence-electron chi connectivity index (χ4n) is 2.54. The van der Waals surface area contributed by atoms with Crippen molar-refractivity contribution in [3.63, 3.8) is 0 Å². The van der Waals surface area contributed by atoms with E-state index in [2.05, 4.69) is 9.97 Å². The highest BCUT2D eigenvalue weighted by molar-refractivity contribution is 7.98. The molecular formula is C19H17N3O4S2. The van der Waals surface area contributed by atoms with Gasteiger partial charge in [-0.05, 0) is 30.3 Å². The number of aromatic nitrogens is 2. The van der Waals surface area contributed by atoms with E-state index in [1.165, 1.54) is 42.3 Å². The predicted octanol–water partition coefficient (Wildman–Crippen LogP) is 4.03. The Bertz CT molecular complexity index is 1210. The maximum absolute atomic E-state index is 12.3. The Kier molecular flexibility index (Phi) is 4.96. The van der Waals surface area contributed by atoms with E-state index in [1.54, 1.807) is 12.3 Å². The maximum Gasteiger partial charge on any atom is 0.257 e. The topological polar surface area (TPSA) is 89.4 Å². The highest BCUT2D eigenvalue weighted by atomic mass is 32.2. The summed E-state index contributed by atoms with van der Waals surface area (Å²) >= 11 is 1.37. The predicted molar refractivity (Wildman–Crippen MR) is 106 cm³/mol. The van der Waals surface area contributed by atoms with Crippen molar-refractivity contribution in [3.05, 3.63) is 60.5 Å². The smallest absolute Gasteiger partial charge is 0.257 e. The molecule has 0 spiro atoms. The first kappa shape index (κ1) is 18.7. The molecule has 0 aliphatic heterocycles. The van der Waals surface area contributed by atoms with Gasteiger partial charge in [0, 0.05) is 25.4 Å².